The molecule has 0 saturated carbocycles. The standard InChI is InChI=1S/C23H31N3O7S/c1-4-33-23(28)24-21(14-18-8-6-5-7-9-18)22(27)16-25(15-17(2)3)34(31,32)20-12-10-19(11-13-20)26(29)30/h5-13,17,21-22,27H,4,14-16H2,1-3H3,(H,24,28)/t21-,22-/m0/s1. The highest BCUT2D eigenvalue weighted by atomic mass is 32.2. The topological polar surface area (TPSA) is 139 Å². The third kappa shape index (κ3) is 7.79. The van der Waals surface area contributed by atoms with Gasteiger partial charge in [0, 0.05) is 25.2 Å². The molecular weight excluding hydrogens is 462 g/mol. The zero-order valence-corrected chi connectivity index (χ0v) is 20.3. The second kappa shape index (κ2) is 12.4. The van der Waals surface area contributed by atoms with Gasteiger partial charge in [0.2, 0.25) is 10.0 Å². The Morgan fingerprint density at radius 1 is 1.12 bits per heavy atom. The van der Waals surface area contributed by atoms with Crippen molar-refractivity contribution < 1.29 is 28.0 Å². The maximum atomic E-state index is 13.3. The number of hydrogen-bond acceptors (Lipinski definition) is 7. The summed E-state index contributed by atoms with van der Waals surface area (Å²) in [6, 6.07) is 12.9. The average Bonchev–Trinajstić information content (AvgIpc) is 2.78. The van der Waals surface area contributed by atoms with E-state index in [4.69, 9.17) is 4.74 Å². The molecular formula is C23H31N3O7S. The second-order valence-electron chi connectivity index (χ2n) is 8.20. The van der Waals surface area contributed by atoms with Crippen molar-refractivity contribution in [2.75, 3.05) is 19.7 Å². The fourth-order valence-electron chi connectivity index (χ4n) is 3.38. The summed E-state index contributed by atoms with van der Waals surface area (Å²) in [4.78, 5) is 22.3. The van der Waals surface area contributed by atoms with Gasteiger partial charge in [-0.3, -0.25) is 10.1 Å². The summed E-state index contributed by atoms with van der Waals surface area (Å²) >= 11 is 0. The van der Waals surface area contributed by atoms with Gasteiger partial charge < -0.3 is 15.2 Å². The minimum Gasteiger partial charge on any atom is -0.450 e. The van der Waals surface area contributed by atoms with Crippen LogP contribution in [-0.2, 0) is 21.2 Å². The highest BCUT2D eigenvalue weighted by molar-refractivity contribution is 7.89. The number of nitro benzene ring substituents is 1. The SMILES string of the molecule is CCOC(=O)N[C@@H](Cc1ccccc1)[C@@H](O)CN(CC(C)C)S(=O)(=O)c1ccc([N+](=O)[O-])cc1. The van der Waals surface area contributed by atoms with Gasteiger partial charge in [-0.2, -0.15) is 4.31 Å². The Morgan fingerprint density at radius 2 is 1.74 bits per heavy atom. The molecule has 34 heavy (non-hydrogen) atoms. The van der Waals surface area contributed by atoms with Crippen LogP contribution in [0.25, 0.3) is 0 Å². The molecule has 0 unspecified atom stereocenters. The minimum atomic E-state index is -4.07. The van der Waals surface area contributed by atoms with Crippen molar-refractivity contribution in [1.82, 2.24) is 9.62 Å². The number of nitrogens with zero attached hydrogens (tertiary/aromatic N) is 2. The molecule has 2 atom stereocenters. The fraction of sp³-hybridized carbons (Fsp3) is 0.435. The number of aliphatic hydroxyl groups is 1. The van der Waals surface area contributed by atoms with Crippen molar-refractivity contribution in [3.63, 3.8) is 0 Å². The van der Waals surface area contributed by atoms with E-state index in [1.165, 1.54) is 12.1 Å². The summed E-state index contributed by atoms with van der Waals surface area (Å²) in [6.07, 6.45) is -1.71. The first-order valence-corrected chi connectivity index (χ1v) is 12.4. The molecule has 186 valence electrons. The van der Waals surface area contributed by atoms with E-state index in [1.807, 2.05) is 44.2 Å². The number of aliphatic hydroxyl groups excluding tert-OH is 1. The van der Waals surface area contributed by atoms with Crippen LogP contribution in [0.2, 0.25) is 0 Å². The van der Waals surface area contributed by atoms with E-state index in [2.05, 4.69) is 5.32 Å². The van der Waals surface area contributed by atoms with Gasteiger partial charge >= 0.3 is 6.09 Å². The van der Waals surface area contributed by atoms with Gasteiger partial charge in [-0.05, 0) is 37.0 Å². The van der Waals surface area contributed by atoms with Gasteiger partial charge in [-0.25, -0.2) is 13.2 Å². The largest absolute Gasteiger partial charge is 0.450 e. The number of carbonyl (C=O) groups is 1. The molecule has 0 bridgehead atoms. The van der Waals surface area contributed by atoms with Crippen LogP contribution in [0.4, 0.5) is 10.5 Å². The normalized spacial score (nSPS) is 13.5. The van der Waals surface area contributed by atoms with E-state index in [9.17, 15) is 28.4 Å². The Labute approximate surface area is 199 Å². The second-order valence-corrected chi connectivity index (χ2v) is 10.1. The molecule has 2 N–H and O–H groups in total. The number of ether oxygens (including phenoxy) is 1. The lowest BCUT2D eigenvalue weighted by atomic mass is 10.0. The van der Waals surface area contributed by atoms with Gasteiger partial charge in [0.05, 0.1) is 28.6 Å². The number of sulfonamides is 1. The van der Waals surface area contributed by atoms with Crippen molar-refractivity contribution in [1.29, 1.82) is 0 Å². The Kier molecular flexibility index (Phi) is 9.97. The predicted molar refractivity (Wildman–Crippen MR) is 127 cm³/mol. The molecule has 0 aromatic heterocycles. The maximum Gasteiger partial charge on any atom is 0.407 e. The fourth-order valence-corrected chi connectivity index (χ4v) is 5.00. The highest BCUT2D eigenvalue weighted by Crippen LogP contribution is 2.21. The monoisotopic (exact) mass is 493 g/mol. The third-order valence-corrected chi connectivity index (χ3v) is 6.83. The molecule has 1 amide bonds. The first kappa shape index (κ1) is 27.2. The van der Waals surface area contributed by atoms with Crippen LogP contribution < -0.4 is 5.32 Å². The molecule has 0 aliphatic rings. The molecule has 2 aromatic carbocycles. The molecule has 2 aromatic rings. The first-order valence-electron chi connectivity index (χ1n) is 10.9. The van der Waals surface area contributed by atoms with Crippen molar-refractivity contribution in [2.45, 2.75) is 44.2 Å². The molecule has 0 spiro atoms. The van der Waals surface area contributed by atoms with E-state index < -0.39 is 33.2 Å². The first-order chi connectivity index (χ1) is 16.0. The Bertz CT molecular complexity index is 1040. The Morgan fingerprint density at radius 3 is 2.26 bits per heavy atom. The number of rotatable bonds is 12. The zero-order chi connectivity index (χ0) is 25.3. The van der Waals surface area contributed by atoms with Gasteiger partial charge in [-0.15, -0.1) is 0 Å². The quantitative estimate of drug-likeness (QED) is 0.342. The van der Waals surface area contributed by atoms with Crippen LogP contribution in [0, 0.1) is 16.0 Å². The lowest BCUT2D eigenvalue weighted by molar-refractivity contribution is -0.384. The Hall–Kier alpha value is -3.02. The number of nitrogens with one attached hydrogen (secondary N) is 1. The number of nitro groups is 1. The van der Waals surface area contributed by atoms with Gasteiger partial charge in [0.1, 0.15) is 0 Å². The number of non-ortho nitro benzene ring substituents is 1. The molecule has 0 radical (unpaired) electrons. The molecule has 2 rings (SSSR count). The number of hydrogen-bond donors (Lipinski definition) is 2. The molecule has 0 fully saturated rings. The summed E-state index contributed by atoms with van der Waals surface area (Å²) in [5, 5.41) is 24.6. The summed E-state index contributed by atoms with van der Waals surface area (Å²) < 4.78 is 32.7. The number of benzene rings is 2. The number of amides is 1. The van der Waals surface area contributed by atoms with E-state index >= 15 is 0 Å². The van der Waals surface area contributed by atoms with Crippen molar-refractivity contribution in [2.24, 2.45) is 5.92 Å². The molecule has 0 aliphatic heterocycles. The summed E-state index contributed by atoms with van der Waals surface area (Å²) in [6.45, 7) is 5.29. The molecule has 0 aliphatic carbocycles. The molecule has 0 saturated heterocycles. The predicted octanol–water partition coefficient (Wildman–Crippen LogP) is 2.96. The van der Waals surface area contributed by atoms with E-state index in [0.717, 1.165) is 22.0 Å². The average molecular weight is 494 g/mol. The molecule has 0 heterocycles. The smallest absolute Gasteiger partial charge is 0.407 e. The summed E-state index contributed by atoms with van der Waals surface area (Å²) in [5.74, 6) is -0.0642. The van der Waals surface area contributed by atoms with Crippen molar-refractivity contribution in [3.05, 3.63) is 70.3 Å². The summed E-state index contributed by atoms with van der Waals surface area (Å²) in [5.41, 5.74) is 0.618. The van der Waals surface area contributed by atoms with Crippen LogP contribution in [0.1, 0.15) is 26.3 Å². The zero-order valence-electron chi connectivity index (χ0n) is 19.5. The van der Waals surface area contributed by atoms with E-state index in [-0.39, 0.29) is 42.6 Å². The highest BCUT2D eigenvalue weighted by Gasteiger charge is 2.31. The lowest BCUT2D eigenvalue weighted by Gasteiger charge is -2.30. The summed E-state index contributed by atoms with van der Waals surface area (Å²) in [7, 11) is -4.07. The van der Waals surface area contributed by atoms with E-state index in [1.54, 1.807) is 6.92 Å². The lowest BCUT2D eigenvalue weighted by Crippen LogP contribution is -2.51. The van der Waals surface area contributed by atoms with Crippen LogP contribution in [-0.4, -0.2) is 60.7 Å². The van der Waals surface area contributed by atoms with Crippen molar-refractivity contribution in [3.8, 4) is 0 Å². The van der Waals surface area contributed by atoms with Gasteiger partial charge in [0.25, 0.3) is 5.69 Å². The van der Waals surface area contributed by atoms with Crippen LogP contribution in [0.3, 0.4) is 0 Å². The van der Waals surface area contributed by atoms with Crippen LogP contribution >= 0.6 is 0 Å². The maximum absolute atomic E-state index is 13.3. The number of alkyl carbamates (subject to hydrolysis) is 1. The van der Waals surface area contributed by atoms with Crippen molar-refractivity contribution >= 4 is 21.8 Å². The minimum absolute atomic E-state index is 0.0642. The third-order valence-electron chi connectivity index (χ3n) is 4.99. The van der Waals surface area contributed by atoms with E-state index in [0.29, 0.717) is 0 Å². The Balaban J connectivity index is 2.31. The van der Waals surface area contributed by atoms with Gasteiger partial charge in [0.15, 0.2) is 0 Å². The van der Waals surface area contributed by atoms with Crippen LogP contribution in [0.5, 0.6) is 0 Å². The molecule has 11 heteroatoms. The van der Waals surface area contributed by atoms with Gasteiger partial charge in [-0.1, -0.05) is 44.2 Å². The molecule has 10 nitrogen and oxygen atoms in total. The number of carbonyl (C=O) groups excluding carboxylic acids is 1. The van der Waals surface area contributed by atoms with Crippen LogP contribution in [0.15, 0.2) is 59.5 Å².